The normalized spacial score (nSPS) is 16.2. The zero-order valence-corrected chi connectivity index (χ0v) is 20.1. The first-order chi connectivity index (χ1) is 17.3. The molecular formula is C26H16N4O4S2. The van der Waals surface area contributed by atoms with Gasteiger partial charge in [0.2, 0.25) is 19.7 Å². The minimum atomic E-state index is -3.70. The maximum Gasteiger partial charge on any atom is 0.206 e. The van der Waals surface area contributed by atoms with Crippen LogP contribution in [0.2, 0.25) is 0 Å². The third kappa shape index (κ3) is 3.67. The third-order valence-corrected chi connectivity index (χ3v) is 9.26. The smallest absolute Gasteiger partial charge is 0.206 e. The minimum Gasteiger partial charge on any atom is -0.224 e. The van der Waals surface area contributed by atoms with E-state index in [-0.39, 0.29) is 31.2 Å². The van der Waals surface area contributed by atoms with E-state index in [4.69, 9.17) is 0 Å². The molecule has 0 fully saturated rings. The Balaban J connectivity index is 1.41. The molecule has 0 N–H and O–H groups in total. The van der Waals surface area contributed by atoms with Crippen LogP contribution in [0.1, 0.15) is 0 Å². The first-order valence-corrected chi connectivity index (χ1v) is 13.8. The fourth-order valence-corrected chi connectivity index (χ4v) is 6.49. The molecule has 8 nitrogen and oxygen atoms in total. The summed E-state index contributed by atoms with van der Waals surface area (Å²) in [6.07, 6.45) is 0. The first kappa shape index (κ1) is 22.2. The van der Waals surface area contributed by atoms with E-state index in [0.717, 1.165) is 0 Å². The lowest BCUT2D eigenvalue weighted by atomic mass is 10.3. The van der Waals surface area contributed by atoms with Gasteiger partial charge >= 0.3 is 0 Å². The van der Waals surface area contributed by atoms with Gasteiger partial charge in [-0.3, -0.25) is 0 Å². The summed E-state index contributed by atoms with van der Waals surface area (Å²) in [4.78, 5) is 18.4. The third-order valence-electron chi connectivity index (χ3n) is 5.73. The van der Waals surface area contributed by atoms with Crippen LogP contribution >= 0.6 is 0 Å². The van der Waals surface area contributed by atoms with E-state index in [1.165, 1.54) is 48.5 Å². The van der Waals surface area contributed by atoms with Gasteiger partial charge in [-0.1, -0.05) is 36.4 Å². The van der Waals surface area contributed by atoms with Gasteiger partial charge in [0.25, 0.3) is 0 Å². The Bertz CT molecular complexity index is 1910. The van der Waals surface area contributed by atoms with Crippen LogP contribution in [0.15, 0.2) is 148 Å². The maximum absolute atomic E-state index is 13.0. The molecule has 2 aliphatic heterocycles. The van der Waals surface area contributed by atoms with Gasteiger partial charge in [-0.25, -0.2) is 36.8 Å². The molecule has 4 aromatic carbocycles. The highest BCUT2D eigenvalue weighted by Gasteiger charge is 2.21. The van der Waals surface area contributed by atoms with E-state index in [1.54, 1.807) is 48.5 Å². The zero-order chi connectivity index (χ0) is 24.9. The summed E-state index contributed by atoms with van der Waals surface area (Å²) < 4.78 is 51.9. The molecule has 2 aliphatic rings. The fourth-order valence-electron chi connectivity index (χ4n) is 3.89. The Morgan fingerprint density at radius 2 is 0.750 bits per heavy atom. The predicted octanol–water partition coefficient (Wildman–Crippen LogP) is 1.68. The highest BCUT2D eigenvalue weighted by molar-refractivity contribution is 7.91. The Morgan fingerprint density at radius 1 is 0.389 bits per heavy atom. The summed E-state index contributed by atoms with van der Waals surface area (Å²) in [5.74, 6) is 0.450. The van der Waals surface area contributed by atoms with Crippen LogP contribution in [0.5, 0.6) is 0 Å². The lowest BCUT2D eigenvalue weighted by molar-refractivity contribution is 0.594. The molecule has 36 heavy (non-hydrogen) atoms. The van der Waals surface area contributed by atoms with E-state index in [1.807, 2.05) is 0 Å². The molecule has 0 bridgehead atoms. The molecule has 6 rings (SSSR count). The minimum absolute atomic E-state index is 0.108. The van der Waals surface area contributed by atoms with Crippen LogP contribution in [0, 0.1) is 0 Å². The average Bonchev–Trinajstić information content (AvgIpc) is 3.53. The Hall–Kier alpha value is -4.28. The van der Waals surface area contributed by atoms with Crippen LogP contribution in [0.4, 0.5) is 0 Å². The number of rotatable bonds is 4. The molecule has 0 unspecified atom stereocenters. The van der Waals surface area contributed by atoms with Crippen molar-refractivity contribution >= 4 is 19.7 Å². The van der Waals surface area contributed by atoms with Crippen molar-refractivity contribution in [1.29, 1.82) is 0 Å². The van der Waals surface area contributed by atoms with Gasteiger partial charge < -0.3 is 0 Å². The van der Waals surface area contributed by atoms with Gasteiger partial charge in [0.05, 0.1) is 41.0 Å². The zero-order valence-electron chi connectivity index (χ0n) is 18.5. The molecular weight excluding hydrogens is 496 g/mol. The van der Waals surface area contributed by atoms with Crippen LogP contribution < -0.4 is 21.4 Å². The maximum atomic E-state index is 13.0. The summed E-state index contributed by atoms with van der Waals surface area (Å²) in [6, 6.07) is 25.4. The number of hydrogen-bond acceptors (Lipinski definition) is 8. The van der Waals surface area contributed by atoms with Crippen molar-refractivity contribution in [2.24, 2.45) is 20.0 Å². The Kier molecular flexibility index (Phi) is 5.02. The van der Waals surface area contributed by atoms with Crippen molar-refractivity contribution in [3.63, 3.8) is 0 Å². The summed E-state index contributed by atoms with van der Waals surface area (Å²) in [5.41, 5.74) is 0. The molecule has 4 aromatic rings. The van der Waals surface area contributed by atoms with Crippen molar-refractivity contribution < 1.29 is 16.8 Å². The van der Waals surface area contributed by atoms with Crippen LogP contribution in [0.3, 0.4) is 0 Å². The van der Waals surface area contributed by atoms with E-state index in [2.05, 4.69) is 20.0 Å². The molecule has 0 aromatic heterocycles. The van der Waals surface area contributed by atoms with Crippen molar-refractivity contribution in [2.45, 2.75) is 19.6 Å². The monoisotopic (exact) mass is 512 g/mol. The number of sulfone groups is 2. The number of hydrogen-bond donors (Lipinski definition) is 0. The van der Waals surface area contributed by atoms with Crippen molar-refractivity contribution in [3.8, 4) is 0 Å². The Labute approximate surface area is 205 Å². The van der Waals surface area contributed by atoms with Crippen LogP contribution in [0.25, 0.3) is 0 Å². The molecule has 0 amide bonds. The first-order valence-electron chi connectivity index (χ1n) is 10.8. The second kappa shape index (κ2) is 8.14. The van der Waals surface area contributed by atoms with Gasteiger partial charge in [0.15, 0.2) is 11.6 Å². The number of nitrogens with zero attached hydrogens (tertiary/aromatic N) is 4. The molecule has 2 heterocycles. The number of fused-ring (bicyclic) bond motifs is 2. The topological polar surface area (TPSA) is 118 Å². The van der Waals surface area contributed by atoms with E-state index < -0.39 is 19.7 Å². The van der Waals surface area contributed by atoms with Crippen LogP contribution in [-0.2, 0) is 19.7 Å². The molecule has 0 saturated heterocycles. The van der Waals surface area contributed by atoms with Crippen molar-refractivity contribution in [1.82, 2.24) is 0 Å². The summed E-state index contributed by atoms with van der Waals surface area (Å²) in [7, 11) is -7.41. The summed E-state index contributed by atoms with van der Waals surface area (Å²) in [6.45, 7) is 0. The van der Waals surface area contributed by atoms with Gasteiger partial charge in [0, 0.05) is 0 Å². The van der Waals surface area contributed by atoms with E-state index in [0.29, 0.717) is 21.4 Å². The van der Waals surface area contributed by atoms with Crippen molar-refractivity contribution in [2.75, 3.05) is 0 Å². The van der Waals surface area contributed by atoms with Gasteiger partial charge in [0.1, 0.15) is 0 Å². The largest absolute Gasteiger partial charge is 0.224 e. The molecule has 10 heteroatoms. The second-order valence-electron chi connectivity index (χ2n) is 8.03. The average molecular weight is 513 g/mol. The SMILES string of the molecule is O=S(=O)(c1ccccc1)c1ccc2c(c1)=N/C(=C1/N=c3ccc(S(=O)(=O)c4ccccc4)cc3=N1)N=2. The lowest BCUT2D eigenvalue weighted by Gasteiger charge is -2.03. The lowest BCUT2D eigenvalue weighted by Crippen LogP contribution is -2.22. The van der Waals surface area contributed by atoms with Crippen molar-refractivity contribution in [3.05, 3.63) is 130 Å². The second-order valence-corrected chi connectivity index (χ2v) is 11.9. The Morgan fingerprint density at radius 3 is 1.14 bits per heavy atom. The molecule has 0 saturated carbocycles. The van der Waals surface area contributed by atoms with Gasteiger partial charge in [-0.05, 0) is 60.7 Å². The van der Waals surface area contributed by atoms with Crippen LogP contribution in [-0.4, -0.2) is 16.8 Å². The fraction of sp³-hybridized carbons (Fsp3) is 0. The quantitative estimate of drug-likeness (QED) is 0.413. The molecule has 0 radical (unpaired) electrons. The number of benzene rings is 4. The van der Waals surface area contributed by atoms with E-state index >= 15 is 0 Å². The molecule has 176 valence electrons. The van der Waals surface area contributed by atoms with Gasteiger partial charge in [-0.15, -0.1) is 0 Å². The van der Waals surface area contributed by atoms with E-state index in [9.17, 15) is 16.8 Å². The molecule has 0 aliphatic carbocycles. The highest BCUT2D eigenvalue weighted by Crippen LogP contribution is 2.21. The molecule has 0 spiro atoms. The summed E-state index contributed by atoms with van der Waals surface area (Å²) in [5, 5.41) is 1.78. The summed E-state index contributed by atoms with van der Waals surface area (Å²) >= 11 is 0. The standard InChI is InChI=1S/C26H16N4O4S2/c31-35(32,17-7-3-1-4-8-17)19-11-13-21-23(15-19)29-25(27-21)26-28-22-14-12-20(16-24(22)30-26)36(33,34)18-9-5-2-6-10-18/h1-16H/b26-25-. The highest BCUT2D eigenvalue weighted by atomic mass is 32.2. The molecule has 0 atom stereocenters. The van der Waals surface area contributed by atoms with Gasteiger partial charge in [-0.2, -0.15) is 0 Å². The predicted molar refractivity (Wildman–Crippen MR) is 128 cm³/mol.